The Bertz CT molecular complexity index is 414. The van der Waals surface area contributed by atoms with E-state index >= 15 is 0 Å². The van der Waals surface area contributed by atoms with Crippen LogP contribution in [0.25, 0.3) is 0 Å². The molecule has 18 heavy (non-hydrogen) atoms. The maximum absolute atomic E-state index is 12.6. The average Bonchev–Trinajstić information content (AvgIpc) is 2.83. The molecule has 1 N–H and O–H groups in total. The van der Waals surface area contributed by atoms with Crippen molar-refractivity contribution in [1.82, 2.24) is 10.2 Å². The zero-order valence-electron chi connectivity index (χ0n) is 11.4. The van der Waals surface area contributed by atoms with Crippen LogP contribution >= 0.6 is 0 Å². The number of rotatable bonds is 3. The standard InChI is InChI=1S/C14H22N2O2/c1-4-11-9-16(12(5-2)8-15-11)14(17)13-6-7-18-10(13)3/h6-7,11-12,15H,4-5,8-9H2,1-3H3. The van der Waals surface area contributed by atoms with E-state index < -0.39 is 0 Å². The Hall–Kier alpha value is -1.29. The maximum Gasteiger partial charge on any atom is 0.257 e. The molecular formula is C14H22N2O2. The van der Waals surface area contributed by atoms with Gasteiger partial charge in [0.05, 0.1) is 11.8 Å². The Morgan fingerprint density at radius 3 is 2.83 bits per heavy atom. The molecule has 1 fully saturated rings. The van der Waals surface area contributed by atoms with Gasteiger partial charge in [-0.1, -0.05) is 13.8 Å². The van der Waals surface area contributed by atoms with E-state index in [1.54, 1.807) is 12.3 Å². The number of carbonyl (C=O) groups is 1. The van der Waals surface area contributed by atoms with Crippen LogP contribution in [-0.2, 0) is 0 Å². The first-order valence-electron chi connectivity index (χ1n) is 6.75. The first-order chi connectivity index (χ1) is 8.67. The van der Waals surface area contributed by atoms with Gasteiger partial charge in [-0.3, -0.25) is 4.79 Å². The van der Waals surface area contributed by atoms with Crippen LogP contribution in [-0.4, -0.2) is 36.0 Å². The molecule has 1 aliphatic heterocycles. The van der Waals surface area contributed by atoms with Crippen LogP contribution in [0.1, 0.15) is 42.8 Å². The largest absolute Gasteiger partial charge is 0.469 e. The molecule has 0 aliphatic carbocycles. The van der Waals surface area contributed by atoms with E-state index in [0.29, 0.717) is 17.4 Å². The van der Waals surface area contributed by atoms with E-state index in [-0.39, 0.29) is 11.9 Å². The lowest BCUT2D eigenvalue weighted by Crippen LogP contribution is -2.57. The van der Waals surface area contributed by atoms with Gasteiger partial charge in [-0.25, -0.2) is 0 Å². The van der Waals surface area contributed by atoms with E-state index in [0.717, 1.165) is 25.9 Å². The zero-order valence-corrected chi connectivity index (χ0v) is 11.4. The Morgan fingerprint density at radius 2 is 2.28 bits per heavy atom. The predicted molar refractivity (Wildman–Crippen MR) is 70.6 cm³/mol. The van der Waals surface area contributed by atoms with Gasteiger partial charge in [-0.05, 0) is 25.8 Å². The Balaban J connectivity index is 2.17. The molecule has 2 unspecified atom stereocenters. The second-order valence-electron chi connectivity index (χ2n) is 4.92. The van der Waals surface area contributed by atoms with Gasteiger partial charge in [0, 0.05) is 25.2 Å². The summed E-state index contributed by atoms with van der Waals surface area (Å²) in [5.74, 6) is 0.814. The van der Waals surface area contributed by atoms with Gasteiger partial charge < -0.3 is 14.6 Å². The molecule has 1 aliphatic rings. The average molecular weight is 250 g/mol. The fourth-order valence-electron chi connectivity index (χ4n) is 2.51. The minimum Gasteiger partial charge on any atom is -0.469 e. The molecule has 0 saturated carbocycles. The van der Waals surface area contributed by atoms with E-state index in [2.05, 4.69) is 19.2 Å². The van der Waals surface area contributed by atoms with Crippen molar-refractivity contribution < 1.29 is 9.21 Å². The molecule has 2 rings (SSSR count). The number of carbonyl (C=O) groups excluding carboxylic acids is 1. The summed E-state index contributed by atoms with van der Waals surface area (Å²) in [6.07, 6.45) is 3.61. The first kappa shape index (κ1) is 13.1. The number of amides is 1. The summed E-state index contributed by atoms with van der Waals surface area (Å²) in [5.41, 5.74) is 0.699. The molecule has 1 amide bonds. The summed E-state index contributed by atoms with van der Waals surface area (Å²) in [5, 5.41) is 3.50. The molecule has 2 atom stereocenters. The van der Waals surface area contributed by atoms with Crippen LogP contribution < -0.4 is 5.32 Å². The second-order valence-corrected chi connectivity index (χ2v) is 4.92. The fourth-order valence-corrected chi connectivity index (χ4v) is 2.51. The number of piperazine rings is 1. The smallest absolute Gasteiger partial charge is 0.257 e. The number of furan rings is 1. The lowest BCUT2D eigenvalue weighted by atomic mass is 10.0. The Morgan fingerprint density at radius 1 is 1.50 bits per heavy atom. The van der Waals surface area contributed by atoms with Crippen molar-refractivity contribution >= 4 is 5.91 Å². The second kappa shape index (κ2) is 5.57. The number of hydrogen-bond acceptors (Lipinski definition) is 3. The third-order valence-electron chi connectivity index (χ3n) is 3.81. The highest BCUT2D eigenvalue weighted by Gasteiger charge is 2.31. The van der Waals surface area contributed by atoms with E-state index in [1.807, 2.05) is 11.8 Å². The van der Waals surface area contributed by atoms with E-state index in [9.17, 15) is 4.79 Å². The summed E-state index contributed by atoms with van der Waals surface area (Å²) in [6, 6.07) is 2.46. The zero-order chi connectivity index (χ0) is 13.1. The summed E-state index contributed by atoms with van der Waals surface area (Å²) in [7, 11) is 0. The molecular weight excluding hydrogens is 228 g/mol. The molecule has 1 aromatic heterocycles. The molecule has 4 nitrogen and oxygen atoms in total. The highest BCUT2D eigenvalue weighted by molar-refractivity contribution is 5.95. The molecule has 1 aromatic rings. The summed E-state index contributed by atoms with van der Waals surface area (Å²) < 4.78 is 5.24. The van der Waals surface area contributed by atoms with E-state index in [1.165, 1.54) is 0 Å². The van der Waals surface area contributed by atoms with Crippen LogP contribution in [0.5, 0.6) is 0 Å². The quantitative estimate of drug-likeness (QED) is 0.894. The van der Waals surface area contributed by atoms with Crippen LogP contribution in [0.2, 0.25) is 0 Å². The van der Waals surface area contributed by atoms with Crippen molar-refractivity contribution in [3.8, 4) is 0 Å². The molecule has 0 aromatic carbocycles. The topological polar surface area (TPSA) is 45.5 Å². The van der Waals surface area contributed by atoms with E-state index in [4.69, 9.17) is 4.42 Å². The van der Waals surface area contributed by atoms with Crippen LogP contribution in [0.15, 0.2) is 16.7 Å². The molecule has 100 valence electrons. The summed E-state index contributed by atoms with van der Waals surface area (Å²) in [4.78, 5) is 14.6. The number of aryl methyl sites for hydroxylation is 1. The molecule has 2 heterocycles. The lowest BCUT2D eigenvalue weighted by Gasteiger charge is -2.40. The Labute approximate surface area is 108 Å². The van der Waals surface area contributed by atoms with Crippen molar-refractivity contribution in [2.75, 3.05) is 13.1 Å². The molecule has 0 spiro atoms. The minimum absolute atomic E-state index is 0.105. The third-order valence-corrected chi connectivity index (χ3v) is 3.81. The van der Waals surface area contributed by atoms with Gasteiger partial charge in [0.15, 0.2) is 0 Å². The fraction of sp³-hybridized carbons (Fsp3) is 0.643. The van der Waals surface area contributed by atoms with Crippen molar-refractivity contribution in [3.05, 3.63) is 23.7 Å². The van der Waals surface area contributed by atoms with Gasteiger partial charge in [-0.2, -0.15) is 0 Å². The molecule has 0 radical (unpaired) electrons. The normalized spacial score (nSPS) is 24.3. The van der Waals surface area contributed by atoms with Gasteiger partial charge in [0.1, 0.15) is 5.76 Å². The van der Waals surface area contributed by atoms with Crippen LogP contribution in [0, 0.1) is 6.92 Å². The number of nitrogens with zero attached hydrogens (tertiary/aromatic N) is 1. The van der Waals surface area contributed by atoms with Crippen molar-refractivity contribution in [2.24, 2.45) is 0 Å². The molecule has 0 bridgehead atoms. The number of nitrogens with one attached hydrogen (secondary N) is 1. The minimum atomic E-state index is 0.105. The SMILES string of the molecule is CCC1CN(C(=O)c2ccoc2C)C(CC)CN1. The monoisotopic (exact) mass is 250 g/mol. The highest BCUT2D eigenvalue weighted by Crippen LogP contribution is 2.18. The number of hydrogen-bond donors (Lipinski definition) is 1. The highest BCUT2D eigenvalue weighted by atomic mass is 16.3. The van der Waals surface area contributed by atoms with Crippen molar-refractivity contribution in [1.29, 1.82) is 0 Å². The third kappa shape index (κ3) is 2.43. The first-order valence-corrected chi connectivity index (χ1v) is 6.75. The molecule has 4 heteroatoms. The van der Waals surface area contributed by atoms with Crippen molar-refractivity contribution in [2.45, 2.75) is 45.7 Å². The van der Waals surface area contributed by atoms with Crippen molar-refractivity contribution in [3.63, 3.8) is 0 Å². The van der Waals surface area contributed by atoms with Gasteiger partial charge >= 0.3 is 0 Å². The van der Waals surface area contributed by atoms with Gasteiger partial charge in [-0.15, -0.1) is 0 Å². The predicted octanol–water partition coefficient (Wildman–Crippen LogP) is 2.19. The van der Waals surface area contributed by atoms with Gasteiger partial charge in [0.2, 0.25) is 0 Å². The molecule has 1 saturated heterocycles. The van der Waals surface area contributed by atoms with Gasteiger partial charge in [0.25, 0.3) is 5.91 Å². The summed E-state index contributed by atoms with van der Waals surface area (Å²) >= 11 is 0. The lowest BCUT2D eigenvalue weighted by molar-refractivity contribution is 0.0574. The van der Waals surface area contributed by atoms with Crippen LogP contribution in [0.4, 0.5) is 0 Å². The Kier molecular flexibility index (Phi) is 4.07. The van der Waals surface area contributed by atoms with Crippen LogP contribution in [0.3, 0.4) is 0 Å². The summed E-state index contributed by atoms with van der Waals surface area (Å²) in [6.45, 7) is 7.79. The maximum atomic E-state index is 12.6.